The first-order chi connectivity index (χ1) is 14.2. The van der Waals surface area contributed by atoms with Crippen LogP contribution >= 0.6 is 12.4 Å². The number of halogens is 6. The molecule has 1 saturated heterocycles. The third-order valence-corrected chi connectivity index (χ3v) is 5.18. The van der Waals surface area contributed by atoms with Gasteiger partial charge in [0.15, 0.2) is 0 Å². The number of rotatable bonds is 5. The van der Waals surface area contributed by atoms with Gasteiger partial charge in [0.05, 0.1) is 11.9 Å². The molecule has 12 heteroatoms. The van der Waals surface area contributed by atoms with Crippen LogP contribution in [-0.2, 0) is 12.1 Å². The zero-order chi connectivity index (χ0) is 21.4. The summed E-state index contributed by atoms with van der Waals surface area (Å²) in [4.78, 5) is 16.1. The fourth-order valence-corrected chi connectivity index (χ4v) is 3.57. The summed E-state index contributed by atoms with van der Waals surface area (Å²) in [5.74, 6) is -2.60. The summed E-state index contributed by atoms with van der Waals surface area (Å²) in [6.07, 6.45) is 0.446. The van der Waals surface area contributed by atoms with Crippen LogP contribution in [0.25, 0.3) is 11.0 Å². The number of aromatic amines is 1. The van der Waals surface area contributed by atoms with Crippen LogP contribution < -0.4 is 5.32 Å². The van der Waals surface area contributed by atoms with Crippen LogP contribution in [0.2, 0.25) is 0 Å². The number of aromatic nitrogens is 4. The topological polar surface area (TPSA) is 69.7 Å². The first kappa shape index (κ1) is 23.1. The number of fused-ring (bicyclic) bond motifs is 1. The van der Waals surface area contributed by atoms with Crippen molar-refractivity contribution in [3.8, 4) is 0 Å². The van der Waals surface area contributed by atoms with E-state index in [9.17, 15) is 22.0 Å². The zero-order valence-electron chi connectivity index (χ0n) is 16.2. The molecule has 0 radical (unpaired) electrons. The molecule has 4 heterocycles. The fourth-order valence-electron chi connectivity index (χ4n) is 3.57. The monoisotopic (exact) mass is 462 g/mol. The number of piperidine rings is 1. The lowest BCUT2D eigenvalue weighted by molar-refractivity contribution is -0.141. The lowest BCUT2D eigenvalue weighted by Crippen LogP contribution is -2.43. The van der Waals surface area contributed by atoms with Crippen LogP contribution in [0.15, 0.2) is 36.9 Å². The molecular weight excluding hydrogens is 443 g/mol. The Bertz CT molecular complexity index is 999. The second-order valence-corrected chi connectivity index (χ2v) is 7.29. The second kappa shape index (κ2) is 8.91. The number of hydrogen-bond donors (Lipinski definition) is 2. The third-order valence-electron chi connectivity index (χ3n) is 5.18. The number of likely N-dealkylation sites (tertiary alicyclic amines) is 1. The Labute approximate surface area is 180 Å². The minimum atomic E-state index is -4.65. The quantitative estimate of drug-likeness (QED) is 0.548. The maximum Gasteiger partial charge on any atom is 0.433 e. The van der Waals surface area contributed by atoms with Gasteiger partial charge in [-0.1, -0.05) is 0 Å². The first-order valence-corrected chi connectivity index (χ1v) is 9.41. The Morgan fingerprint density at radius 3 is 2.42 bits per heavy atom. The molecule has 0 aliphatic carbocycles. The molecule has 0 bridgehead atoms. The second-order valence-electron chi connectivity index (χ2n) is 7.29. The van der Waals surface area contributed by atoms with Crippen LogP contribution in [0.5, 0.6) is 0 Å². The molecular formula is C19H20ClF5N6. The molecule has 3 aromatic rings. The summed E-state index contributed by atoms with van der Waals surface area (Å²) in [5.41, 5.74) is -0.989. The van der Waals surface area contributed by atoms with Crippen LogP contribution in [0.1, 0.15) is 24.1 Å². The molecule has 3 aromatic heterocycles. The van der Waals surface area contributed by atoms with Gasteiger partial charge in [-0.3, -0.25) is 9.88 Å². The van der Waals surface area contributed by atoms with Crippen molar-refractivity contribution in [3.05, 3.63) is 48.2 Å². The van der Waals surface area contributed by atoms with E-state index in [1.807, 2.05) is 6.07 Å². The van der Waals surface area contributed by atoms with E-state index in [4.69, 9.17) is 0 Å². The number of anilines is 1. The predicted octanol–water partition coefficient (Wildman–Crippen LogP) is 4.46. The largest absolute Gasteiger partial charge is 0.433 e. The lowest BCUT2D eigenvalue weighted by Gasteiger charge is -2.34. The molecule has 0 atom stereocenters. The molecule has 0 unspecified atom stereocenters. The summed E-state index contributed by atoms with van der Waals surface area (Å²) in [6, 6.07) is 3.32. The molecule has 4 rings (SSSR count). The molecule has 0 saturated carbocycles. The Hall–Kier alpha value is -2.53. The maximum atomic E-state index is 14.6. The summed E-state index contributed by atoms with van der Waals surface area (Å²) in [7, 11) is 0. The van der Waals surface area contributed by atoms with Crippen molar-refractivity contribution in [1.82, 2.24) is 24.8 Å². The molecule has 31 heavy (non-hydrogen) atoms. The van der Waals surface area contributed by atoms with Gasteiger partial charge in [-0.05, 0) is 31.0 Å². The van der Waals surface area contributed by atoms with Crippen LogP contribution in [0.4, 0.5) is 27.8 Å². The van der Waals surface area contributed by atoms with E-state index in [2.05, 4.69) is 25.3 Å². The maximum absolute atomic E-state index is 14.6. The van der Waals surface area contributed by atoms with Crippen molar-refractivity contribution in [2.24, 2.45) is 0 Å². The SMILES string of the molecule is Cl.FC(F)(F)c1ccc(C(F)(F)CN2CCC(Nc3ncnc4[nH]ccc34)CC2)cn1. The number of H-pyrrole nitrogens is 1. The van der Waals surface area contributed by atoms with Crippen LogP contribution in [-0.4, -0.2) is 50.5 Å². The normalized spacial score (nSPS) is 16.3. The summed E-state index contributed by atoms with van der Waals surface area (Å²) < 4.78 is 66.8. The van der Waals surface area contributed by atoms with Gasteiger partial charge >= 0.3 is 6.18 Å². The number of hydrogen-bond acceptors (Lipinski definition) is 5. The van der Waals surface area contributed by atoms with Gasteiger partial charge in [0.1, 0.15) is 23.5 Å². The van der Waals surface area contributed by atoms with Gasteiger partial charge < -0.3 is 10.3 Å². The van der Waals surface area contributed by atoms with Gasteiger partial charge in [0, 0.05) is 37.1 Å². The Morgan fingerprint density at radius 2 is 1.77 bits per heavy atom. The van der Waals surface area contributed by atoms with E-state index in [1.165, 1.54) is 6.33 Å². The van der Waals surface area contributed by atoms with Gasteiger partial charge in [-0.2, -0.15) is 22.0 Å². The van der Waals surface area contributed by atoms with Crippen molar-refractivity contribution in [2.75, 3.05) is 25.0 Å². The molecule has 0 aromatic carbocycles. The van der Waals surface area contributed by atoms with Gasteiger partial charge in [0.25, 0.3) is 5.92 Å². The molecule has 168 valence electrons. The molecule has 1 fully saturated rings. The molecule has 6 nitrogen and oxygen atoms in total. The van der Waals surface area contributed by atoms with Gasteiger partial charge in [-0.15, -0.1) is 12.4 Å². The fraction of sp³-hybridized carbons (Fsp3) is 0.421. The number of pyridine rings is 1. The van der Waals surface area contributed by atoms with Crippen molar-refractivity contribution >= 4 is 29.3 Å². The molecule has 1 aliphatic rings. The van der Waals surface area contributed by atoms with E-state index >= 15 is 0 Å². The number of alkyl halides is 5. The Balaban J connectivity index is 0.00000272. The molecule has 2 N–H and O–H groups in total. The highest BCUT2D eigenvalue weighted by Crippen LogP contribution is 2.33. The predicted molar refractivity (Wildman–Crippen MR) is 107 cm³/mol. The molecule has 1 aliphatic heterocycles. The minimum absolute atomic E-state index is 0. The highest BCUT2D eigenvalue weighted by Gasteiger charge is 2.37. The van der Waals surface area contributed by atoms with E-state index in [0.717, 1.165) is 17.1 Å². The standard InChI is InChI=1S/C19H19F5N6.ClH/c20-18(21,12-1-2-15(26-9-12)19(22,23)24)10-30-7-4-13(5-8-30)29-17-14-3-6-25-16(14)27-11-28-17;/h1-3,6,9,11,13H,4-5,7-8,10H2,(H2,25,27,28,29);1H. The Morgan fingerprint density at radius 1 is 1.03 bits per heavy atom. The Kier molecular flexibility index (Phi) is 6.65. The van der Waals surface area contributed by atoms with E-state index < -0.39 is 29.9 Å². The van der Waals surface area contributed by atoms with E-state index in [0.29, 0.717) is 44.0 Å². The van der Waals surface area contributed by atoms with Crippen molar-refractivity contribution in [1.29, 1.82) is 0 Å². The molecule has 0 spiro atoms. The molecule has 0 amide bonds. The van der Waals surface area contributed by atoms with E-state index in [-0.39, 0.29) is 18.4 Å². The van der Waals surface area contributed by atoms with E-state index in [1.54, 1.807) is 11.1 Å². The minimum Gasteiger partial charge on any atom is -0.367 e. The van der Waals surface area contributed by atoms with Crippen LogP contribution in [0.3, 0.4) is 0 Å². The van der Waals surface area contributed by atoms with Gasteiger partial charge in [-0.25, -0.2) is 9.97 Å². The number of nitrogens with zero attached hydrogens (tertiary/aromatic N) is 4. The first-order valence-electron chi connectivity index (χ1n) is 9.41. The van der Waals surface area contributed by atoms with Crippen LogP contribution in [0, 0.1) is 0 Å². The highest BCUT2D eigenvalue weighted by atomic mass is 35.5. The number of nitrogens with one attached hydrogen (secondary N) is 2. The zero-order valence-corrected chi connectivity index (χ0v) is 17.0. The third kappa shape index (κ3) is 5.21. The summed E-state index contributed by atoms with van der Waals surface area (Å²) in [5, 5.41) is 4.21. The smallest absolute Gasteiger partial charge is 0.367 e. The lowest BCUT2D eigenvalue weighted by atomic mass is 10.0. The average Bonchev–Trinajstić information content (AvgIpc) is 3.19. The van der Waals surface area contributed by atoms with Gasteiger partial charge in [0.2, 0.25) is 0 Å². The van der Waals surface area contributed by atoms with Crippen molar-refractivity contribution < 1.29 is 22.0 Å². The van der Waals surface area contributed by atoms with Crippen molar-refractivity contribution in [3.63, 3.8) is 0 Å². The summed E-state index contributed by atoms with van der Waals surface area (Å²) >= 11 is 0. The average molecular weight is 463 g/mol. The highest BCUT2D eigenvalue weighted by molar-refractivity contribution is 5.86. The summed E-state index contributed by atoms with van der Waals surface area (Å²) in [6.45, 7) is 0.299. The van der Waals surface area contributed by atoms with Crippen molar-refractivity contribution in [2.45, 2.75) is 31.0 Å².